The Labute approximate surface area is 122 Å². The number of carbonyl (C=O) groups is 1. The van der Waals surface area contributed by atoms with E-state index in [1.54, 1.807) is 12.1 Å². The Morgan fingerprint density at radius 1 is 1.43 bits per heavy atom. The summed E-state index contributed by atoms with van der Waals surface area (Å²) in [6, 6.07) is 7.19. The van der Waals surface area contributed by atoms with Crippen molar-refractivity contribution in [1.82, 2.24) is 15.0 Å². The number of benzene rings is 1. The van der Waals surface area contributed by atoms with Crippen LogP contribution in [0.2, 0.25) is 0 Å². The summed E-state index contributed by atoms with van der Waals surface area (Å²) in [5.74, 6) is 0.819. The predicted octanol–water partition coefficient (Wildman–Crippen LogP) is 1.52. The molecule has 21 heavy (non-hydrogen) atoms. The number of hydrazine groups is 1. The molecule has 1 aliphatic carbocycles. The van der Waals surface area contributed by atoms with Gasteiger partial charge < -0.3 is 0 Å². The van der Waals surface area contributed by atoms with Gasteiger partial charge in [-0.15, -0.1) is 0 Å². The molecule has 2 aromatic rings. The highest BCUT2D eigenvalue weighted by molar-refractivity contribution is 5.83. The molecule has 1 aromatic carbocycles. The number of para-hydroxylation sites is 1. The van der Waals surface area contributed by atoms with Crippen molar-refractivity contribution in [3.05, 3.63) is 34.6 Å². The summed E-state index contributed by atoms with van der Waals surface area (Å²) in [5.41, 5.74) is 5.94. The van der Waals surface area contributed by atoms with Crippen LogP contribution in [0.4, 0.5) is 5.95 Å². The molecule has 1 amide bonds. The van der Waals surface area contributed by atoms with Crippen molar-refractivity contribution in [2.75, 3.05) is 5.43 Å². The van der Waals surface area contributed by atoms with E-state index >= 15 is 0 Å². The fourth-order valence-corrected chi connectivity index (χ4v) is 2.45. The first-order valence-corrected chi connectivity index (χ1v) is 7.17. The largest absolute Gasteiger partial charge is 0.277 e. The van der Waals surface area contributed by atoms with Crippen molar-refractivity contribution in [1.29, 1.82) is 0 Å². The van der Waals surface area contributed by atoms with Crippen molar-refractivity contribution in [2.24, 2.45) is 11.8 Å². The summed E-state index contributed by atoms with van der Waals surface area (Å²) >= 11 is 0. The Morgan fingerprint density at radius 3 is 2.81 bits per heavy atom. The van der Waals surface area contributed by atoms with Crippen LogP contribution in [-0.4, -0.2) is 15.5 Å². The third-order valence-corrected chi connectivity index (χ3v) is 3.92. The fraction of sp³-hybridized carbons (Fsp3) is 0.400. The molecule has 1 heterocycles. The van der Waals surface area contributed by atoms with E-state index in [0.29, 0.717) is 29.3 Å². The SMILES string of the molecule is CCn1c(NNC(=O)[C@H]2C[C@H]2C)nc2ccccc2c1=O. The molecular weight excluding hydrogens is 268 g/mol. The summed E-state index contributed by atoms with van der Waals surface area (Å²) in [7, 11) is 0. The molecule has 110 valence electrons. The average molecular weight is 286 g/mol. The second kappa shape index (κ2) is 5.20. The van der Waals surface area contributed by atoms with Crippen LogP contribution < -0.4 is 16.4 Å². The highest BCUT2D eigenvalue weighted by Crippen LogP contribution is 2.37. The van der Waals surface area contributed by atoms with E-state index in [-0.39, 0.29) is 17.4 Å². The summed E-state index contributed by atoms with van der Waals surface area (Å²) < 4.78 is 1.51. The normalized spacial score (nSPS) is 20.3. The van der Waals surface area contributed by atoms with Crippen molar-refractivity contribution >= 4 is 22.8 Å². The molecule has 1 fully saturated rings. The molecule has 6 nitrogen and oxygen atoms in total. The van der Waals surface area contributed by atoms with E-state index in [0.717, 1.165) is 6.42 Å². The van der Waals surface area contributed by atoms with Crippen LogP contribution in [-0.2, 0) is 11.3 Å². The predicted molar refractivity (Wildman–Crippen MR) is 80.7 cm³/mol. The standard InChI is InChI=1S/C15H18N4O2/c1-3-19-14(21)10-6-4-5-7-12(10)16-15(19)18-17-13(20)11-8-9(11)2/h4-7,9,11H,3,8H2,1-2H3,(H,16,18)(H,17,20)/t9-,11+/m1/s1. The van der Waals surface area contributed by atoms with Gasteiger partial charge in [0.25, 0.3) is 5.56 Å². The zero-order valence-corrected chi connectivity index (χ0v) is 12.1. The van der Waals surface area contributed by atoms with Crippen LogP contribution in [0.15, 0.2) is 29.1 Å². The highest BCUT2D eigenvalue weighted by Gasteiger charge is 2.39. The van der Waals surface area contributed by atoms with Crippen LogP contribution in [0.25, 0.3) is 10.9 Å². The molecule has 0 radical (unpaired) electrons. The van der Waals surface area contributed by atoms with Gasteiger partial charge in [-0.1, -0.05) is 19.1 Å². The maximum absolute atomic E-state index is 12.4. The molecule has 0 saturated heterocycles. The number of aromatic nitrogens is 2. The number of anilines is 1. The summed E-state index contributed by atoms with van der Waals surface area (Å²) in [4.78, 5) is 28.7. The Morgan fingerprint density at radius 2 is 2.14 bits per heavy atom. The van der Waals surface area contributed by atoms with Crippen molar-refractivity contribution in [3.8, 4) is 0 Å². The average Bonchev–Trinajstić information content (AvgIpc) is 3.22. The van der Waals surface area contributed by atoms with Gasteiger partial charge in [-0.05, 0) is 31.4 Å². The molecule has 1 aromatic heterocycles. The van der Waals surface area contributed by atoms with Crippen molar-refractivity contribution < 1.29 is 4.79 Å². The van der Waals surface area contributed by atoms with E-state index < -0.39 is 0 Å². The van der Waals surface area contributed by atoms with Crippen molar-refractivity contribution in [3.63, 3.8) is 0 Å². The first-order valence-electron chi connectivity index (χ1n) is 7.17. The smallest absolute Gasteiger partial charge is 0.262 e. The van der Waals surface area contributed by atoms with Gasteiger partial charge in [-0.3, -0.25) is 25.0 Å². The van der Waals surface area contributed by atoms with Gasteiger partial charge in [0, 0.05) is 12.5 Å². The molecule has 2 atom stereocenters. The number of nitrogens with zero attached hydrogens (tertiary/aromatic N) is 2. The van der Waals surface area contributed by atoms with Gasteiger partial charge in [0.1, 0.15) is 0 Å². The molecule has 0 bridgehead atoms. The number of nitrogens with one attached hydrogen (secondary N) is 2. The summed E-state index contributed by atoms with van der Waals surface area (Å²) in [6.45, 7) is 4.39. The second-order valence-corrected chi connectivity index (χ2v) is 5.44. The van der Waals surface area contributed by atoms with E-state index in [4.69, 9.17) is 0 Å². The Hall–Kier alpha value is -2.37. The van der Waals surface area contributed by atoms with Gasteiger partial charge in [0.05, 0.1) is 10.9 Å². The molecule has 2 N–H and O–H groups in total. The Bertz CT molecular complexity index is 753. The molecule has 1 aliphatic rings. The molecule has 0 aliphatic heterocycles. The minimum Gasteiger partial charge on any atom is -0.277 e. The maximum Gasteiger partial charge on any atom is 0.262 e. The lowest BCUT2D eigenvalue weighted by molar-refractivity contribution is -0.122. The maximum atomic E-state index is 12.4. The van der Waals surface area contributed by atoms with E-state index in [1.165, 1.54) is 4.57 Å². The van der Waals surface area contributed by atoms with E-state index in [1.807, 2.05) is 26.0 Å². The van der Waals surface area contributed by atoms with Crippen LogP contribution in [0.3, 0.4) is 0 Å². The first-order chi connectivity index (χ1) is 10.1. The Balaban J connectivity index is 1.90. The second-order valence-electron chi connectivity index (χ2n) is 5.44. The zero-order chi connectivity index (χ0) is 15.0. The fourth-order valence-electron chi connectivity index (χ4n) is 2.45. The summed E-state index contributed by atoms with van der Waals surface area (Å²) in [6.07, 6.45) is 0.916. The molecule has 0 unspecified atom stereocenters. The number of hydrogen-bond acceptors (Lipinski definition) is 4. The van der Waals surface area contributed by atoms with Gasteiger partial charge in [0.2, 0.25) is 11.9 Å². The molecule has 0 spiro atoms. The van der Waals surface area contributed by atoms with E-state index in [9.17, 15) is 9.59 Å². The van der Waals surface area contributed by atoms with Gasteiger partial charge in [-0.25, -0.2) is 4.98 Å². The lowest BCUT2D eigenvalue weighted by Gasteiger charge is -2.13. The Kier molecular flexibility index (Phi) is 3.37. The van der Waals surface area contributed by atoms with Gasteiger partial charge in [0.15, 0.2) is 0 Å². The van der Waals surface area contributed by atoms with Crippen LogP contribution in [0.1, 0.15) is 20.3 Å². The zero-order valence-electron chi connectivity index (χ0n) is 12.1. The van der Waals surface area contributed by atoms with Crippen LogP contribution in [0, 0.1) is 11.8 Å². The van der Waals surface area contributed by atoms with E-state index in [2.05, 4.69) is 15.8 Å². The first kappa shape index (κ1) is 13.6. The topological polar surface area (TPSA) is 76.0 Å². The quantitative estimate of drug-likeness (QED) is 0.835. The monoisotopic (exact) mass is 286 g/mol. The lowest BCUT2D eigenvalue weighted by Crippen LogP contribution is -2.35. The highest BCUT2D eigenvalue weighted by atomic mass is 16.2. The van der Waals surface area contributed by atoms with Crippen molar-refractivity contribution in [2.45, 2.75) is 26.8 Å². The minimum absolute atomic E-state index is 0.0486. The minimum atomic E-state index is -0.111. The molecule has 1 saturated carbocycles. The number of hydrogen-bond donors (Lipinski definition) is 2. The third-order valence-electron chi connectivity index (χ3n) is 3.92. The van der Waals surface area contributed by atoms with Crippen LogP contribution in [0.5, 0.6) is 0 Å². The molecule has 3 rings (SSSR count). The lowest BCUT2D eigenvalue weighted by atomic mass is 10.2. The molecular formula is C15H18N4O2. The number of fused-ring (bicyclic) bond motifs is 1. The van der Waals surface area contributed by atoms with Crippen LogP contribution >= 0.6 is 0 Å². The number of amides is 1. The number of carbonyl (C=O) groups excluding carboxylic acids is 1. The van der Waals surface area contributed by atoms with Gasteiger partial charge >= 0.3 is 0 Å². The summed E-state index contributed by atoms with van der Waals surface area (Å²) in [5, 5.41) is 0.576. The molecule has 6 heteroatoms. The number of rotatable bonds is 4. The van der Waals surface area contributed by atoms with Gasteiger partial charge in [-0.2, -0.15) is 0 Å². The third kappa shape index (κ3) is 2.49.